The molecule has 2 aliphatic carbocycles. The van der Waals surface area contributed by atoms with Crippen molar-refractivity contribution >= 4 is 11.8 Å². The van der Waals surface area contributed by atoms with Crippen LogP contribution < -0.4 is 10.6 Å². The van der Waals surface area contributed by atoms with E-state index >= 15 is 0 Å². The van der Waals surface area contributed by atoms with Gasteiger partial charge in [0, 0.05) is 36.1 Å². The Balaban J connectivity index is 1.35. The molecule has 2 N–H and O–H groups in total. The summed E-state index contributed by atoms with van der Waals surface area (Å²) in [6.07, 6.45) is 0.0258. The van der Waals surface area contributed by atoms with E-state index in [1.165, 1.54) is 30.1 Å². The average Bonchev–Trinajstić information content (AvgIpc) is 3.49. The number of aromatic nitrogens is 3. The molecule has 222 valence electrons. The Morgan fingerprint density at radius 1 is 1.05 bits per heavy atom. The summed E-state index contributed by atoms with van der Waals surface area (Å²) in [7, 11) is 1.37. The van der Waals surface area contributed by atoms with Gasteiger partial charge in [-0.2, -0.15) is 5.10 Å². The molecule has 6 rings (SSSR count). The van der Waals surface area contributed by atoms with E-state index in [-0.39, 0.29) is 41.4 Å². The lowest BCUT2D eigenvalue weighted by Crippen LogP contribution is -2.34. The Kier molecular flexibility index (Phi) is 7.45. The van der Waals surface area contributed by atoms with Crippen LogP contribution in [0.15, 0.2) is 54.7 Å². The Morgan fingerprint density at radius 2 is 1.81 bits per heavy atom. The van der Waals surface area contributed by atoms with Crippen LogP contribution in [0.5, 0.6) is 0 Å². The summed E-state index contributed by atoms with van der Waals surface area (Å²) in [5.74, 6) is -3.21. The molecule has 3 atom stereocenters. The van der Waals surface area contributed by atoms with Crippen molar-refractivity contribution in [3.05, 3.63) is 106 Å². The third kappa shape index (κ3) is 5.61. The van der Waals surface area contributed by atoms with Crippen molar-refractivity contribution < 1.29 is 31.5 Å². The van der Waals surface area contributed by atoms with E-state index < -0.39 is 41.7 Å². The second-order valence-electron chi connectivity index (χ2n) is 10.8. The number of fused-ring (bicyclic) bond motifs is 3. The smallest absolute Gasteiger partial charge is 0.282 e. The highest BCUT2D eigenvalue weighted by Gasteiger charge is 2.50. The average molecular weight is 596 g/mol. The number of hydrogen-bond donors (Lipinski definition) is 2. The maximum absolute atomic E-state index is 14.4. The summed E-state index contributed by atoms with van der Waals surface area (Å²) < 4.78 is 71.4. The Hall–Kier alpha value is -4.61. The maximum Gasteiger partial charge on any atom is 0.282 e. The number of carbonyl (C=O) groups is 2. The summed E-state index contributed by atoms with van der Waals surface area (Å²) in [5, 5.41) is 9.29. The van der Waals surface area contributed by atoms with Crippen LogP contribution in [0.4, 0.5) is 22.0 Å². The van der Waals surface area contributed by atoms with Crippen LogP contribution >= 0.6 is 0 Å². The van der Waals surface area contributed by atoms with Gasteiger partial charge in [0.15, 0.2) is 0 Å². The number of nitrogens with zero attached hydrogens (tertiary/aromatic N) is 3. The molecular formula is C31H26F5N5O2. The van der Waals surface area contributed by atoms with Gasteiger partial charge in [-0.3, -0.25) is 19.3 Å². The molecule has 7 nitrogen and oxygen atoms in total. The topological polar surface area (TPSA) is 88.9 Å². The van der Waals surface area contributed by atoms with Crippen molar-refractivity contribution in [3.8, 4) is 11.1 Å². The van der Waals surface area contributed by atoms with Gasteiger partial charge in [-0.15, -0.1) is 0 Å². The number of amides is 2. The molecule has 43 heavy (non-hydrogen) atoms. The Morgan fingerprint density at radius 3 is 2.53 bits per heavy atom. The molecule has 0 radical (unpaired) electrons. The minimum atomic E-state index is -2.76. The standard InChI is InChI=1S/C31H26F5N5O2/c1-37-31(43)22-10-16(4-5-23(22)34)20-3-2-6-38-28(20)24(9-15-7-18(32)13-19(33)8-15)39-26(42)14-41-25-12-17-11-21(17)27(25)29(40-41)30(35)36/h2-8,10,13,17,21,24,30H,9,11-12,14H2,1H3,(H,37,43)(H,39,42)/t17?,21?,24-/m0/s1. The molecule has 12 heteroatoms. The number of hydrogen-bond acceptors (Lipinski definition) is 4. The number of nitrogens with one attached hydrogen (secondary N) is 2. The molecule has 0 saturated heterocycles. The first-order valence-corrected chi connectivity index (χ1v) is 13.7. The monoisotopic (exact) mass is 595 g/mol. The lowest BCUT2D eigenvalue weighted by molar-refractivity contribution is -0.122. The first-order chi connectivity index (χ1) is 20.6. The van der Waals surface area contributed by atoms with Crippen molar-refractivity contribution in [2.24, 2.45) is 5.92 Å². The van der Waals surface area contributed by atoms with E-state index in [1.54, 1.807) is 12.1 Å². The predicted octanol–water partition coefficient (Wildman–Crippen LogP) is 5.42. The highest BCUT2D eigenvalue weighted by molar-refractivity contribution is 5.95. The fourth-order valence-corrected chi connectivity index (χ4v) is 6.01. The zero-order chi connectivity index (χ0) is 30.4. The number of rotatable bonds is 9. The molecule has 2 aromatic carbocycles. The molecule has 2 unspecified atom stereocenters. The number of alkyl halides is 2. The number of halogens is 5. The van der Waals surface area contributed by atoms with Gasteiger partial charge in [0.05, 0.1) is 17.3 Å². The highest BCUT2D eigenvalue weighted by Crippen LogP contribution is 2.58. The van der Waals surface area contributed by atoms with Crippen LogP contribution in [-0.4, -0.2) is 33.6 Å². The predicted molar refractivity (Wildman–Crippen MR) is 146 cm³/mol. The third-order valence-electron chi connectivity index (χ3n) is 7.99. The third-order valence-corrected chi connectivity index (χ3v) is 7.99. The van der Waals surface area contributed by atoms with Crippen LogP contribution in [0.1, 0.15) is 63.4 Å². The van der Waals surface area contributed by atoms with Gasteiger partial charge in [-0.1, -0.05) is 12.1 Å². The van der Waals surface area contributed by atoms with Gasteiger partial charge >= 0.3 is 0 Å². The molecule has 1 fully saturated rings. The van der Waals surface area contributed by atoms with Crippen molar-refractivity contribution in [2.75, 3.05) is 7.05 Å². The molecule has 0 aliphatic heterocycles. The van der Waals surface area contributed by atoms with E-state index in [4.69, 9.17) is 0 Å². The summed E-state index contributed by atoms with van der Waals surface area (Å²) in [4.78, 5) is 30.1. The zero-order valence-electron chi connectivity index (χ0n) is 22.9. The largest absolute Gasteiger partial charge is 0.355 e. The normalized spacial score (nSPS) is 17.4. The maximum atomic E-state index is 14.4. The van der Waals surface area contributed by atoms with Crippen molar-refractivity contribution in [3.63, 3.8) is 0 Å². The van der Waals surface area contributed by atoms with Crippen LogP contribution in [-0.2, 0) is 24.2 Å². The lowest BCUT2D eigenvalue weighted by Gasteiger charge is -2.22. The fraction of sp³-hybridized carbons (Fsp3) is 0.290. The summed E-state index contributed by atoms with van der Waals surface area (Å²) in [5.41, 5.74) is 2.03. The van der Waals surface area contributed by atoms with Crippen LogP contribution in [0.25, 0.3) is 11.1 Å². The van der Waals surface area contributed by atoms with Gasteiger partial charge in [0.1, 0.15) is 29.7 Å². The summed E-state index contributed by atoms with van der Waals surface area (Å²) in [6.45, 7) is -0.345. The van der Waals surface area contributed by atoms with Gasteiger partial charge in [-0.25, -0.2) is 22.0 Å². The van der Waals surface area contributed by atoms with Crippen molar-refractivity contribution in [2.45, 2.75) is 44.2 Å². The van der Waals surface area contributed by atoms with E-state index in [1.807, 2.05) is 0 Å². The van der Waals surface area contributed by atoms with E-state index in [0.717, 1.165) is 30.7 Å². The molecule has 2 heterocycles. The minimum absolute atomic E-state index is 0.0536. The molecular weight excluding hydrogens is 569 g/mol. The second-order valence-corrected chi connectivity index (χ2v) is 10.8. The molecule has 1 saturated carbocycles. The highest BCUT2D eigenvalue weighted by atomic mass is 19.3. The Bertz CT molecular complexity index is 1720. The van der Waals surface area contributed by atoms with Gasteiger partial charge in [0.25, 0.3) is 12.3 Å². The molecule has 0 spiro atoms. The molecule has 4 aromatic rings. The van der Waals surface area contributed by atoms with E-state index in [0.29, 0.717) is 34.7 Å². The second kappa shape index (κ2) is 11.2. The summed E-state index contributed by atoms with van der Waals surface area (Å²) >= 11 is 0. The Labute approximate surface area is 243 Å². The van der Waals surface area contributed by atoms with Crippen LogP contribution in [0.3, 0.4) is 0 Å². The SMILES string of the molecule is CNC(=O)c1cc(-c2cccnc2[C@H](Cc2cc(F)cc(F)c2)NC(=O)Cn2nc(C(F)F)c3c2CC2CC32)ccc1F. The summed E-state index contributed by atoms with van der Waals surface area (Å²) in [6, 6.07) is 9.25. The van der Waals surface area contributed by atoms with E-state index in [2.05, 4.69) is 20.7 Å². The molecule has 0 bridgehead atoms. The van der Waals surface area contributed by atoms with Gasteiger partial charge < -0.3 is 10.6 Å². The minimum Gasteiger partial charge on any atom is -0.355 e. The van der Waals surface area contributed by atoms with Crippen molar-refractivity contribution in [1.29, 1.82) is 0 Å². The van der Waals surface area contributed by atoms with Crippen LogP contribution in [0.2, 0.25) is 0 Å². The van der Waals surface area contributed by atoms with Crippen LogP contribution in [0, 0.1) is 23.4 Å². The first-order valence-electron chi connectivity index (χ1n) is 13.7. The molecule has 2 amide bonds. The molecule has 2 aliphatic rings. The first kappa shape index (κ1) is 28.5. The quantitative estimate of drug-likeness (QED) is 0.253. The zero-order valence-corrected chi connectivity index (χ0v) is 22.9. The number of pyridine rings is 1. The molecule has 2 aromatic heterocycles. The number of carbonyl (C=O) groups excluding carboxylic acids is 2. The van der Waals surface area contributed by atoms with Gasteiger partial charge in [0.2, 0.25) is 5.91 Å². The van der Waals surface area contributed by atoms with E-state index in [9.17, 15) is 31.5 Å². The van der Waals surface area contributed by atoms with Crippen molar-refractivity contribution in [1.82, 2.24) is 25.4 Å². The van der Waals surface area contributed by atoms with Gasteiger partial charge in [-0.05, 0) is 72.6 Å². The number of benzene rings is 2. The fourth-order valence-electron chi connectivity index (χ4n) is 6.01. The lowest BCUT2D eigenvalue weighted by atomic mass is 9.94.